The number of allylic oxidation sites excluding steroid dienone is 5. The summed E-state index contributed by atoms with van der Waals surface area (Å²) >= 11 is 0. The van der Waals surface area contributed by atoms with Crippen LogP contribution in [0.3, 0.4) is 0 Å². The Labute approximate surface area is 351 Å². The maximum Gasteiger partial charge on any atom is 2.00 e. The monoisotopic (exact) mass is 842 g/mol. The van der Waals surface area contributed by atoms with Gasteiger partial charge in [0, 0.05) is 43.3 Å². The van der Waals surface area contributed by atoms with Crippen molar-refractivity contribution in [1.29, 1.82) is 0 Å². The third-order valence-corrected chi connectivity index (χ3v) is 10.4. The second kappa shape index (κ2) is 19.4. The molecule has 0 saturated heterocycles. The van der Waals surface area contributed by atoms with Gasteiger partial charge in [-0.2, -0.15) is 0 Å². The zero-order valence-corrected chi connectivity index (χ0v) is 34.4. The quantitative estimate of drug-likeness (QED) is 0.0710. The zero-order valence-electron chi connectivity index (χ0n) is 33.3. The molecule has 0 amide bonds. The number of aromatic nitrogens is 5. The summed E-state index contributed by atoms with van der Waals surface area (Å²) in [5.74, 6) is -3.65. The molecule has 14 nitrogen and oxygen atoms in total. The maximum atomic E-state index is 11.5. The van der Waals surface area contributed by atoms with Gasteiger partial charge < -0.3 is 41.1 Å². The SMILES string of the molecule is C=CC1=C(C)c2cc3[n-]c(cc4nc(cc5[n-]c(cc1n2)c(C)c5C=C)C(C)=C4CCC(=O)O)c(CCC(=O)O)c3C.NCc1[nH]cc(CCC(=O)O)c1CC(=O)O.[Fe+2]. The Morgan fingerprint density at radius 3 is 1.83 bits per heavy atom. The first kappa shape index (κ1) is 45.4. The number of rotatable bonds is 14. The van der Waals surface area contributed by atoms with Crippen LogP contribution in [0.2, 0.25) is 0 Å². The largest absolute Gasteiger partial charge is 2.00 e. The van der Waals surface area contributed by atoms with Gasteiger partial charge in [0.15, 0.2) is 0 Å². The maximum absolute atomic E-state index is 11.5. The Morgan fingerprint density at radius 1 is 0.678 bits per heavy atom. The number of hydrogen-bond acceptors (Lipinski definition) is 7. The number of nitrogens with two attached hydrogens (primary N) is 1. The fourth-order valence-corrected chi connectivity index (χ4v) is 7.17. The molecule has 7 N–H and O–H groups in total. The number of H-pyrrole nitrogens is 1. The van der Waals surface area contributed by atoms with E-state index in [1.54, 1.807) is 18.3 Å². The molecule has 0 aromatic carbocycles. The molecule has 2 aliphatic heterocycles. The molecule has 59 heavy (non-hydrogen) atoms. The van der Waals surface area contributed by atoms with Crippen molar-refractivity contribution in [2.24, 2.45) is 5.73 Å². The van der Waals surface area contributed by atoms with Crippen LogP contribution >= 0.6 is 0 Å². The molecule has 308 valence electrons. The van der Waals surface area contributed by atoms with Gasteiger partial charge in [-0.15, -0.1) is 22.1 Å². The third kappa shape index (κ3) is 10.2. The summed E-state index contributed by atoms with van der Waals surface area (Å²) in [5, 5.41) is 36.2. The Morgan fingerprint density at radius 2 is 1.22 bits per heavy atom. The van der Waals surface area contributed by atoms with Crippen molar-refractivity contribution in [3.8, 4) is 0 Å². The van der Waals surface area contributed by atoms with Crippen LogP contribution in [-0.4, -0.2) is 59.3 Å². The number of aromatic amines is 1. The predicted octanol–water partition coefficient (Wildman–Crippen LogP) is 6.88. The summed E-state index contributed by atoms with van der Waals surface area (Å²) < 4.78 is 0. The molecule has 2 aliphatic rings. The number of nitrogens with one attached hydrogen (secondary N) is 1. The average Bonchev–Trinajstić information content (AvgIpc) is 3.92. The summed E-state index contributed by atoms with van der Waals surface area (Å²) in [7, 11) is 0. The van der Waals surface area contributed by atoms with Gasteiger partial charge in [-0.05, 0) is 80.4 Å². The van der Waals surface area contributed by atoms with E-state index >= 15 is 0 Å². The minimum Gasteiger partial charge on any atom is -0.657 e. The molecule has 15 heteroatoms. The molecule has 4 aromatic rings. The zero-order chi connectivity index (χ0) is 42.4. The van der Waals surface area contributed by atoms with Gasteiger partial charge in [0.05, 0.1) is 29.2 Å². The third-order valence-electron chi connectivity index (χ3n) is 10.4. The van der Waals surface area contributed by atoms with E-state index in [2.05, 4.69) is 18.1 Å². The van der Waals surface area contributed by atoms with E-state index in [1.807, 2.05) is 52.0 Å². The number of aliphatic carboxylic acids is 4. The van der Waals surface area contributed by atoms with E-state index in [9.17, 15) is 29.4 Å². The number of carboxylic acids is 4. The molecule has 0 fully saturated rings. The Hall–Kier alpha value is -6.28. The van der Waals surface area contributed by atoms with E-state index in [1.165, 1.54) is 0 Å². The number of nitrogens with zero attached hydrogens (tertiary/aromatic N) is 4. The minimum atomic E-state index is -0.953. The first-order valence-corrected chi connectivity index (χ1v) is 18.6. The molecule has 0 saturated carbocycles. The predicted molar refractivity (Wildman–Crippen MR) is 222 cm³/mol. The van der Waals surface area contributed by atoms with Crippen molar-refractivity contribution < 1.29 is 56.7 Å². The van der Waals surface area contributed by atoms with Crippen LogP contribution in [0.4, 0.5) is 0 Å². The Kier molecular flexibility index (Phi) is 15.0. The molecule has 6 heterocycles. The second-order valence-corrected chi connectivity index (χ2v) is 14.0. The van der Waals surface area contributed by atoms with Crippen molar-refractivity contribution in [2.75, 3.05) is 0 Å². The van der Waals surface area contributed by atoms with Crippen molar-refractivity contribution in [3.05, 3.63) is 112 Å². The molecule has 6 rings (SSSR count). The fraction of sp³-hybridized carbons (Fsp3) is 0.273. The fourth-order valence-electron chi connectivity index (χ4n) is 7.17. The van der Waals surface area contributed by atoms with E-state index in [0.717, 1.165) is 61.5 Å². The van der Waals surface area contributed by atoms with Crippen molar-refractivity contribution >= 4 is 74.3 Å². The van der Waals surface area contributed by atoms with Crippen LogP contribution in [0.15, 0.2) is 49.7 Å². The van der Waals surface area contributed by atoms with E-state index in [4.69, 9.17) is 35.9 Å². The average molecular weight is 843 g/mol. The number of hydrogen-bond donors (Lipinski definition) is 6. The van der Waals surface area contributed by atoms with Crippen LogP contribution in [-0.2, 0) is 62.1 Å². The number of aryl methyl sites for hydroxylation is 4. The molecule has 4 aromatic heterocycles. The number of fused-ring (bicyclic) bond motifs is 8. The molecule has 0 aliphatic carbocycles. The molecular formula is C44H46FeN6O8. The van der Waals surface area contributed by atoms with Gasteiger partial charge in [-0.25, -0.2) is 9.97 Å². The Bertz CT molecular complexity index is 2590. The first-order chi connectivity index (χ1) is 27.6. The van der Waals surface area contributed by atoms with E-state index < -0.39 is 23.9 Å². The first-order valence-electron chi connectivity index (χ1n) is 18.6. The standard InChI is InChI=1S/C34H34N4O4.C10H14N2O4.Fe/c1-7-21-17(3)25-13-26-19(5)23(9-11-33(39)40)31(37-26)16-32-24(10-12-34(41)42)20(6)28(38-32)15-30-22(8-2)18(4)27(36-30)14-29(21)35-25;11-4-8-7(3-10(15)16)6(5-12-8)1-2-9(13)14;/h7-8,13-16H,1-2,9-12H2,3-6H3,(H4,35,36,37,38,39,40,41,42);5,12H,1-4,11H2,(H,13,14)(H,15,16);/q;;+2/p-2. The molecule has 0 atom stereocenters. The molecule has 0 unspecified atom stereocenters. The summed E-state index contributed by atoms with van der Waals surface area (Å²) in [6.07, 6.45) is 5.85. The molecular weight excluding hydrogens is 796 g/mol. The van der Waals surface area contributed by atoms with Crippen LogP contribution in [0.5, 0.6) is 0 Å². The van der Waals surface area contributed by atoms with E-state index in [0.29, 0.717) is 64.0 Å². The summed E-state index contributed by atoms with van der Waals surface area (Å²) in [5.41, 5.74) is 20.0. The summed E-state index contributed by atoms with van der Waals surface area (Å²) in [4.78, 5) is 66.7. The van der Waals surface area contributed by atoms with Crippen LogP contribution in [0.1, 0.15) is 101 Å². The van der Waals surface area contributed by atoms with Gasteiger partial charge >= 0.3 is 40.9 Å². The van der Waals surface area contributed by atoms with Crippen molar-refractivity contribution in [2.45, 2.75) is 79.2 Å². The molecule has 0 spiro atoms. The number of carboxylic acid groups (broad SMARTS) is 4. The summed E-state index contributed by atoms with van der Waals surface area (Å²) in [6, 6.07) is 7.62. The summed E-state index contributed by atoms with van der Waals surface area (Å²) in [6.45, 7) is 16.1. The molecule has 8 bridgehead atoms. The smallest absolute Gasteiger partial charge is 0.657 e. The van der Waals surface area contributed by atoms with Gasteiger partial charge in [-0.1, -0.05) is 66.3 Å². The van der Waals surface area contributed by atoms with Crippen molar-refractivity contribution in [3.63, 3.8) is 0 Å². The van der Waals surface area contributed by atoms with Gasteiger partial charge in [-0.3, -0.25) is 19.2 Å². The molecule has 0 radical (unpaired) electrons. The van der Waals surface area contributed by atoms with Crippen LogP contribution in [0.25, 0.3) is 50.4 Å². The van der Waals surface area contributed by atoms with Gasteiger partial charge in [0.1, 0.15) is 0 Å². The second-order valence-electron chi connectivity index (χ2n) is 14.0. The van der Waals surface area contributed by atoms with Gasteiger partial charge in [0.25, 0.3) is 0 Å². The number of carbonyl (C=O) groups is 4. The van der Waals surface area contributed by atoms with Gasteiger partial charge in [0.2, 0.25) is 0 Å². The van der Waals surface area contributed by atoms with Crippen molar-refractivity contribution in [1.82, 2.24) is 24.9 Å². The minimum absolute atomic E-state index is 0. The van der Waals surface area contributed by atoms with Crippen LogP contribution in [0, 0.1) is 13.8 Å². The Balaban J connectivity index is 0.000000382. The van der Waals surface area contributed by atoms with E-state index in [-0.39, 0.29) is 49.3 Å². The topological polar surface area (TPSA) is 245 Å². The van der Waals surface area contributed by atoms with Crippen LogP contribution < -0.4 is 15.7 Å². The normalized spacial score (nSPS) is 12.1.